The van der Waals surface area contributed by atoms with Crippen molar-refractivity contribution < 1.29 is 0 Å². The smallest absolute Gasteiger partial charge is 0.0967 e. The maximum absolute atomic E-state index is 4.70. The zero-order valence-corrected chi connectivity index (χ0v) is 10.1. The number of hydrogen-bond acceptors (Lipinski definition) is 2. The number of hydrogen-bond donors (Lipinski definition) is 0. The highest BCUT2D eigenvalue weighted by atomic mass is 14.8. The molecule has 1 aromatic carbocycles. The van der Waals surface area contributed by atoms with Crippen molar-refractivity contribution in [2.45, 2.75) is 20.3 Å². The Bertz CT molecular complexity index is 651. The van der Waals surface area contributed by atoms with Gasteiger partial charge in [0, 0.05) is 28.8 Å². The molecule has 3 rings (SSSR count). The third-order valence-electron chi connectivity index (χ3n) is 3.02. The van der Waals surface area contributed by atoms with Gasteiger partial charge in [-0.15, -0.1) is 0 Å². The van der Waals surface area contributed by atoms with Crippen molar-refractivity contribution in [3.63, 3.8) is 0 Å². The Kier molecular flexibility index (Phi) is 2.29. The average Bonchev–Trinajstić information content (AvgIpc) is 2.50. The maximum Gasteiger partial charge on any atom is 0.0967 e. The van der Waals surface area contributed by atoms with Crippen LogP contribution in [0.2, 0.25) is 0 Å². The summed E-state index contributed by atoms with van der Waals surface area (Å²) >= 11 is 0. The van der Waals surface area contributed by atoms with E-state index < -0.39 is 0 Å². The Hall–Kier alpha value is -1.96. The number of benzene rings is 1. The van der Waals surface area contributed by atoms with Gasteiger partial charge in [-0.25, -0.2) is 0 Å². The van der Waals surface area contributed by atoms with Crippen LogP contribution in [0.15, 0.2) is 35.3 Å². The molecule has 0 spiro atoms. The predicted octanol–water partition coefficient (Wildman–Crippen LogP) is 4.05. The SMILES string of the molecule is CC1=Nc2c(ccc3ccc(C)nc23)C=CC1. The van der Waals surface area contributed by atoms with E-state index in [0.717, 1.165) is 40.0 Å². The van der Waals surface area contributed by atoms with Crippen LogP contribution in [0.25, 0.3) is 17.0 Å². The summed E-state index contributed by atoms with van der Waals surface area (Å²) in [5.41, 5.74) is 5.35. The molecule has 2 nitrogen and oxygen atoms in total. The van der Waals surface area contributed by atoms with E-state index in [1.54, 1.807) is 0 Å². The molecule has 0 fully saturated rings. The van der Waals surface area contributed by atoms with Gasteiger partial charge in [0.2, 0.25) is 0 Å². The molecule has 17 heavy (non-hydrogen) atoms. The first-order valence-electron chi connectivity index (χ1n) is 5.85. The minimum atomic E-state index is 0.919. The zero-order chi connectivity index (χ0) is 11.8. The largest absolute Gasteiger partial charge is 0.255 e. The van der Waals surface area contributed by atoms with Crippen molar-refractivity contribution in [1.29, 1.82) is 0 Å². The van der Waals surface area contributed by atoms with Crippen LogP contribution in [0.4, 0.5) is 5.69 Å². The molecular weight excluding hydrogens is 208 g/mol. The van der Waals surface area contributed by atoms with Crippen molar-refractivity contribution in [3.05, 3.63) is 41.6 Å². The lowest BCUT2D eigenvalue weighted by Gasteiger charge is -2.06. The molecule has 0 aliphatic carbocycles. The van der Waals surface area contributed by atoms with E-state index in [0.29, 0.717) is 0 Å². The summed E-state index contributed by atoms with van der Waals surface area (Å²) in [6.07, 6.45) is 5.22. The summed E-state index contributed by atoms with van der Waals surface area (Å²) in [5.74, 6) is 0. The summed E-state index contributed by atoms with van der Waals surface area (Å²) in [4.78, 5) is 9.32. The van der Waals surface area contributed by atoms with Gasteiger partial charge in [-0.05, 0) is 19.9 Å². The fourth-order valence-corrected chi connectivity index (χ4v) is 2.13. The maximum atomic E-state index is 4.70. The molecule has 0 atom stereocenters. The van der Waals surface area contributed by atoms with E-state index in [2.05, 4.69) is 42.3 Å². The highest BCUT2D eigenvalue weighted by molar-refractivity contribution is 5.99. The molecule has 2 aromatic rings. The Morgan fingerprint density at radius 3 is 2.76 bits per heavy atom. The fourth-order valence-electron chi connectivity index (χ4n) is 2.13. The molecule has 0 bridgehead atoms. The molecule has 0 amide bonds. The average molecular weight is 222 g/mol. The lowest BCUT2D eigenvalue weighted by atomic mass is 10.1. The van der Waals surface area contributed by atoms with E-state index in [4.69, 9.17) is 4.99 Å². The van der Waals surface area contributed by atoms with Crippen molar-refractivity contribution in [1.82, 2.24) is 4.98 Å². The standard InChI is InChI=1S/C15H14N2/c1-10-4-3-5-12-8-9-13-7-6-11(2)17-15(13)14(12)16-10/h3,5-9H,4H2,1-2H3. The number of aromatic nitrogens is 1. The van der Waals surface area contributed by atoms with Gasteiger partial charge in [0.25, 0.3) is 0 Å². The molecule has 0 unspecified atom stereocenters. The molecule has 1 aromatic heterocycles. The molecule has 1 aliphatic heterocycles. The van der Waals surface area contributed by atoms with Gasteiger partial charge in [-0.3, -0.25) is 9.98 Å². The number of fused-ring (bicyclic) bond motifs is 3. The van der Waals surface area contributed by atoms with E-state index in [-0.39, 0.29) is 0 Å². The number of aliphatic imine (C=N–C) groups is 1. The van der Waals surface area contributed by atoms with Gasteiger partial charge < -0.3 is 0 Å². The van der Waals surface area contributed by atoms with Crippen LogP contribution in [0.1, 0.15) is 24.6 Å². The molecular formula is C15H14N2. The second-order valence-electron chi connectivity index (χ2n) is 4.48. The van der Waals surface area contributed by atoms with E-state index in [9.17, 15) is 0 Å². The van der Waals surface area contributed by atoms with Gasteiger partial charge in [-0.2, -0.15) is 0 Å². The minimum Gasteiger partial charge on any atom is -0.255 e. The van der Waals surface area contributed by atoms with E-state index in [1.807, 2.05) is 13.0 Å². The molecule has 0 saturated heterocycles. The summed E-state index contributed by atoms with van der Waals surface area (Å²) in [7, 11) is 0. The van der Waals surface area contributed by atoms with Crippen molar-refractivity contribution in [3.8, 4) is 0 Å². The Morgan fingerprint density at radius 2 is 1.88 bits per heavy atom. The molecule has 0 N–H and O–H groups in total. The third kappa shape index (κ3) is 1.76. The van der Waals surface area contributed by atoms with Crippen molar-refractivity contribution in [2.75, 3.05) is 0 Å². The summed E-state index contributed by atoms with van der Waals surface area (Å²) in [6.45, 7) is 4.08. The highest BCUT2D eigenvalue weighted by Crippen LogP contribution is 2.31. The molecule has 0 saturated carbocycles. The van der Waals surface area contributed by atoms with E-state index in [1.165, 1.54) is 0 Å². The van der Waals surface area contributed by atoms with Crippen LogP contribution in [-0.2, 0) is 0 Å². The Morgan fingerprint density at radius 1 is 1.06 bits per heavy atom. The molecule has 2 heteroatoms. The number of allylic oxidation sites excluding steroid dienone is 1. The van der Waals surface area contributed by atoms with E-state index >= 15 is 0 Å². The number of aryl methyl sites for hydroxylation is 1. The van der Waals surface area contributed by atoms with Crippen LogP contribution < -0.4 is 0 Å². The summed E-state index contributed by atoms with van der Waals surface area (Å²) in [5, 5.41) is 1.15. The summed E-state index contributed by atoms with van der Waals surface area (Å²) in [6, 6.07) is 8.38. The number of nitrogens with zero attached hydrogens (tertiary/aromatic N) is 2. The molecule has 1 aliphatic rings. The van der Waals surface area contributed by atoms with Crippen LogP contribution in [0.5, 0.6) is 0 Å². The van der Waals surface area contributed by atoms with Crippen LogP contribution in [-0.4, -0.2) is 10.7 Å². The monoisotopic (exact) mass is 222 g/mol. The molecule has 0 radical (unpaired) electrons. The normalized spacial score (nSPS) is 14.4. The van der Waals surface area contributed by atoms with Gasteiger partial charge in [0.15, 0.2) is 0 Å². The number of pyridine rings is 1. The minimum absolute atomic E-state index is 0.919. The highest BCUT2D eigenvalue weighted by Gasteiger charge is 2.09. The van der Waals surface area contributed by atoms with Crippen molar-refractivity contribution >= 4 is 28.4 Å². The lowest BCUT2D eigenvalue weighted by molar-refractivity contribution is 1.25. The lowest BCUT2D eigenvalue weighted by Crippen LogP contribution is -1.88. The number of rotatable bonds is 0. The third-order valence-corrected chi connectivity index (χ3v) is 3.02. The molecule has 2 heterocycles. The van der Waals surface area contributed by atoms with Gasteiger partial charge in [0.1, 0.15) is 0 Å². The van der Waals surface area contributed by atoms with Crippen LogP contribution in [0, 0.1) is 6.92 Å². The van der Waals surface area contributed by atoms with Gasteiger partial charge in [0.05, 0.1) is 11.2 Å². The first-order valence-corrected chi connectivity index (χ1v) is 5.85. The second kappa shape index (κ2) is 3.81. The van der Waals surface area contributed by atoms with Crippen molar-refractivity contribution in [2.24, 2.45) is 4.99 Å². The molecule has 84 valence electrons. The fraction of sp³-hybridized carbons (Fsp3) is 0.200. The Labute approximate surface area is 101 Å². The Balaban J connectivity index is 2.41. The van der Waals surface area contributed by atoms with Gasteiger partial charge in [-0.1, -0.05) is 30.4 Å². The predicted molar refractivity (Wildman–Crippen MR) is 72.9 cm³/mol. The summed E-state index contributed by atoms with van der Waals surface area (Å²) < 4.78 is 0. The topological polar surface area (TPSA) is 25.2 Å². The quantitative estimate of drug-likeness (QED) is 0.660. The first-order chi connectivity index (χ1) is 8.24. The first kappa shape index (κ1) is 10.2. The van der Waals surface area contributed by atoms with Crippen LogP contribution in [0.3, 0.4) is 0 Å². The zero-order valence-electron chi connectivity index (χ0n) is 10.1. The van der Waals surface area contributed by atoms with Gasteiger partial charge >= 0.3 is 0 Å². The second-order valence-corrected chi connectivity index (χ2v) is 4.48. The van der Waals surface area contributed by atoms with Crippen LogP contribution >= 0.6 is 0 Å².